The average molecular weight is 430 g/mol. The third-order valence-electron chi connectivity index (χ3n) is 5.65. The molecule has 144 valence electrons. The Labute approximate surface area is 170 Å². The first-order valence-corrected chi connectivity index (χ1v) is 10.8. The van der Waals surface area contributed by atoms with Gasteiger partial charge in [0.25, 0.3) is 0 Å². The van der Waals surface area contributed by atoms with Crippen LogP contribution < -0.4 is 9.64 Å². The summed E-state index contributed by atoms with van der Waals surface area (Å²) in [5.74, 6) is 1.13. The molecule has 1 amide bonds. The number of fused-ring (bicyclic) bond motifs is 1. The van der Waals surface area contributed by atoms with Crippen LogP contribution in [0.4, 0.5) is 5.69 Å². The van der Waals surface area contributed by atoms with Crippen LogP contribution in [0.15, 0.2) is 48.5 Å². The molecule has 2 aromatic carbocycles. The number of hydrogen-bond donors (Lipinski definition) is 0. The summed E-state index contributed by atoms with van der Waals surface area (Å²) < 4.78 is 6.15. The Morgan fingerprint density at radius 1 is 1.11 bits per heavy atom. The van der Waals surface area contributed by atoms with E-state index < -0.39 is 5.41 Å². The minimum absolute atomic E-state index is 0.146. The molecule has 2 aromatic rings. The van der Waals surface area contributed by atoms with E-state index in [2.05, 4.69) is 48.0 Å². The lowest BCUT2D eigenvalue weighted by molar-refractivity contribution is -0.126. The summed E-state index contributed by atoms with van der Waals surface area (Å²) in [6.45, 7) is 4.94. The number of hydrogen-bond acceptors (Lipinski definition) is 2. The van der Waals surface area contributed by atoms with Crippen molar-refractivity contribution in [3.63, 3.8) is 0 Å². The molecule has 0 N–H and O–H groups in total. The zero-order chi connectivity index (χ0) is 19.4. The Balaban J connectivity index is 2.05. The molecule has 3 nitrogen and oxygen atoms in total. The van der Waals surface area contributed by atoms with Gasteiger partial charge < -0.3 is 9.64 Å². The largest absolute Gasteiger partial charge is 0.493 e. The molecule has 1 heterocycles. The number of anilines is 1. The molecule has 0 aromatic heterocycles. The molecule has 0 fully saturated rings. The maximum Gasteiger partial charge on any atom is 0.238 e. The molecule has 0 saturated carbocycles. The summed E-state index contributed by atoms with van der Waals surface area (Å²) in [7, 11) is 1.89. The Kier molecular flexibility index (Phi) is 6.25. The zero-order valence-electron chi connectivity index (χ0n) is 16.4. The van der Waals surface area contributed by atoms with E-state index in [1.807, 2.05) is 42.3 Å². The highest BCUT2D eigenvalue weighted by Crippen LogP contribution is 2.46. The molecule has 0 saturated heterocycles. The third-order valence-corrected chi connectivity index (χ3v) is 6.21. The second-order valence-corrected chi connectivity index (χ2v) is 8.33. The van der Waals surface area contributed by atoms with Crippen LogP contribution >= 0.6 is 15.9 Å². The monoisotopic (exact) mass is 429 g/mol. The van der Waals surface area contributed by atoms with Crippen LogP contribution in [-0.2, 0) is 16.6 Å². The van der Waals surface area contributed by atoms with Crippen LogP contribution in [0.25, 0.3) is 0 Å². The number of amides is 1. The van der Waals surface area contributed by atoms with Gasteiger partial charge in [0, 0.05) is 23.6 Å². The second kappa shape index (κ2) is 8.47. The standard InChI is InChI=1S/C23H28BrNO2/c1-17(2)23(16-18-10-4-6-12-20(18)25(3)22(23)26)19-11-5-7-13-21(19)27-15-9-8-14-24/h4-7,10-13,17H,8-9,14-16H2,1-3H3. The number of ether oxygens (including phenoxy) is 1. The van der Waals surface area contributed by atoms with Crippen molar-refractivity contribution in [3.8, 4) is 5.75 Å². The number of benzene rings is 2. The van der Waals surface area contributed by atoms with Crippen LogP contribution in [0.1, 0.15) is 37.8 Å². The Morgan fingerprint density at radius 3 is 2.56 bits per heavy atom. The molecule has 0 radical (unpaired) electrons. The van der Waals surface area contributed by atoms with E-state index in [-0.39, 0.29) is 11.8 Å². The normalized spacial score (nSPS) is 19.3. The quantitative estimate of drug-likeness (QED) is 0.438. The summed E-state index contributed by atoms with van der Waals surface area (Å²) in [6, 6.07) is 16.3. The lowest BCUT2D eigenvalue weighted by Gasteiger charge is -2.44. The number of nitrogens with zero attached hydrogens (tertiary/aromatic N) is 1. The Bertz CT molecular complexity index is 804. The van der Waals surface area contributed by atoms with Crippen LogP contribution in [0.2, 0.25) is 0 Å². The van der Waals surface area contributed by atoms with Gasteiger partial charge in [-0.2, -0.15) is 0 Å². The van der Waals surface area contributed by atoms with Crippen molar-refractivity contribution in [2.45, 2.75) is 38.5 Å². The molecular formula is C23H28BrNO2. The predicted molar refractivity (Wildman–Crippen MR) is 115 cm³/mol. The first-order valence-electron chi connectivity index (χ1n) is 9.66. The number of halogens is 1. The van der Waals surface area contributed by atoms with Gasteiger partial charge in [0.2, 0.25) is 5.91 Å². The van der Waals surface area contributed by atoms with Crippen molar-refractivity contribution < 1.29 is 9.53 Å². The molecular weight excluding hydrogens is 402 g/mol. The van der Waals surface area contributed by atoms with Crippen molar-refractivity contribution in [2.24, 2.45) is 5.92 Å². The lowest BCUT2D eigenvalue weighted by atomic mass is 9.64. The van der Waals surface area contributed by atoms with Crippen molar-refractivity contribution in [1.82, 2.24) is 0 Å². The van der Waals surface area contributed by atoms with Crippen LogP contribution in [0.5, 0.6) is 5.75 Å². The molecule has 1 unspecified atom stereocenters. The summed E-state index contributed by atoms with van der Waals surface area (Å²) in [6.07, 6.45) is 2.77. The van der Waals surface area contributed by atoms with Crippen LogP contribution in [0.3, 0.4) is 0 Å². The molecule has 1 aliphatic heterocycles. The topological polar surface area (TPSA) is 29.5 Å². The van der Waals surface area contributed by atoms with E-state index in [1.165, 1.54) is 5.56 Å². The minimum Gasteiger partial charge on any atom is -0.493 e. The van der Waals surface area contributed by atoms with Crippen LogP contribution in [0, 0.1) is 5.92 Å². The highest BCUT2D eigenvalue weighted by molar-refractivity contribution is 9.09. The highest BCUT2D eigenvalue weighted by Gasteiger charge is 2.49. The van der Waals surface area contributed by atoms with E-state index in [1.54, 1.807) is 0 Å². The molecule has 3 rings (SSSR count). The van der Waals surface area contributed by atoms with Gasteiger partial charge in [-0.25, -0.2) is 0 Å². The number of carbonyl (C=O) groups excluding carboxylic acids is 1. The van der Waals surface area contributed by atoms with Crippen molar-refractivity contribution in [1.29, 1.82) is 0 Å². The number of unbranched alkanes of at least 4 members (excludes halogenated alkanes) is 1. The molecule has 27 heavy (non-hydrogen) atoms. The smallest absolute Gasteiger partial charge is 0.238 e. The van der Waals surface area contributed by atoms with E-state index in [4.69, 9.17) is 4.74 Å². The molecule has 0 bridgehead atoms. The van der Waals surface area contributed by atoms with Gasteiger partial charge in [-0.05, 0) is 42.9 Å². The van der Waals surface area contributed by atoms with Gasteiger partial charge in [-0.15, -0.1) is 0 Å². The number of likely N-dealkylation sites (N-methyl/N-ethyl adjacent to an activating group) is 1. The van der Waals surface area contributed by atoms with Crippen LogP contribution in [-0.4, -0.2) is 24.9 Å². The van der Waals surface area contributed by atoms with Crippen molar-refractivity contribution >= 4 is 27.5 Å². The number of rotatable bonds is 7. The van der Waals surface area contributed by atoms with Gasteiger partial charge in [0.15, 0.2) is 0 Å². The maximum absolute atomic E-state index is 13.6. The molecule has 4 heteroatoms. The SMILES string of the molecule is CC(C)C1(c2ccccc2OCCCCBr)Cc2ccccc2N(C)C1=O. The first kappa shape index (κ1) is 19.9. The molecule has 0 spiro atoms. The van der Waals surface area contributed by atoms with Gasteiger partial charge in [0.1, 0.15) is 5.75 Å². The van der Waals surface area contributed by atoms with Gasteiger partial charge in [-0.3, -0.25) is 4.79 Å². The lowest BCUT2D eigenvalue weighted by Crippen LogP contribution is -2.53. The number of para-hydroxylation sites is 2. The number of carbonyl (C=O) groups is 1. The van der Waals surface area contributed by atoms with E-state index in [9.17, 15) is 4.79 Å². The summed E-state index contributed by atoms with van der Waals surface area (Å²) in [5, 5.41) is 0.980. The van der Waals surface area contributed by atoms with E-state index in [0.29, 0.717) is 13.0 Å². The fourth-order valence-corrected chi connectivity index (χ4v) is 4.48. The Morgan fingerprint density at radius 2 is 1.81 bits per heavy atom. The molecule has 1 atom stereocenters. The van der Waals surface area contributed by atoms with Gasteiger partial charge in [-0.1, -0.05) is 66.2 Å². The van der Waals surface area contributed by atoms with E-state index >= 15 is 0 Å². The molecule has 0 aliphatic carbocycles. The fraction of sp³-hybridized carbons (Fsp3) is 0.435. The highest BCUT2D eigenvalue weighted by atomic mass is 79.9. The summed E-state index contributed by atoms with van der Waals surface area (Å²) in [5.41, 5.74) is 2.61. The first-order chi connectivity index (χ1) is 13.0. The van der Waals surface area contributed by atoms with Crippen molar-refractivity contribution in [2.75, 3.05) is 23.9 Å². The second-order valence-electron chi connectivity index (χ2n) is 7.54. The van der Waals surface area contributed by atoms with Gasteiger partial charge in [0.05, 0.1) is 12.0 Å². The Hall–Kier alpha value is -1.81. The third kappa shape index (κ3) is 3.64. The summed E-state index contributed by atoms with van der Waals surface area (Å²) in [4.78, 5) is 15.5. The minimum atomic E-state index is -0.616. The van der Waals surface area contributed by atoms with Gasteiger partial charge >= 0.3 is 0 Å². The maximum atomic E-state index is 13.6. The number of alkyl halides is 1. The van der Waals surface area contributed by atoms with E-state index in [0.717, 1.165) is 35.2 Å². The molecule has 1 aliphatic rings. The zero-order valence-corrected chi connectivity index (χ0v) is 18.0. The average Bonchev–Trinajstić information content (AvgIpc) is 2.68. The van der Waals surface area contributed by atoms with Crippen molar-refractivity contribution in [3.05, 3.63) is 59.7 Å². The fourth-order valence-electron chi connectivity index (χ4n) is 4.08. The predicted octanol–water partition coefficient (Wildman–Crippen LogP) is 5.35. The summed E-state index contributed by atoms with van der Waals surface area (Å²) >= 11 is 3.46.